The fourth-order valence-corrected chi connectivity index (χ4v) is 2.88. The van der Waals surface area contributed by atoms with Crippen molar-refractivity contribution in [3.8, 4) is 5.75 Å². The maximum absolute atomic E-state index is 12.4. The molecule has 0 saturated heterocycles. The third-order valence-corrected chi connectivity index (χ3v) is 3.87. The fourth-order valence-electron chi connectivity index (χ4n) is 2.19. The van der Waals surface area contributed by atoms with E-state index >= 15 is 0 Å². The SMILES string of the molecule is O=C(Nc1ccc(OC(F)(F)F)cc1)C1=CC=CN2CCSN=C12. The van der Waals surface area contributed by atoms with Crippen LogP contribution >= 0.6 is 11.9 Å². The number of benzene rings is 1. The van der Waals surface area contributed by atoms with Gasteiger partial charge < -0.3 is 15.0 Å². The van der Waals surface area contributed by atoms with Crippen molar-refractivity contribution in [2.75, 3.05) is 17.6 Å². The molecule has 2 aliphatic rings. The number of allylic oxidation sites excluding steroid dienone is 2. The van der Waals surface area contributed by atoms with Crippen molar-refractivity contribution < 1.29 is 22.7 Å². The first-order chi connectivity index (χ1) is 11.4. The van der Waals surface area contributed by atoms with Gasteiger partial charge in [-0.15, -0.1) is 13.2 Å². The molecule has 3 rings (SSSR count). The molecule has 9 heteroatoms. The molecule has 1 amide bonds. The second kappa shape index (κ2) is 6.60. The number of carbonyl (C=O) groups is 1. The molecule has 1 aromatic carbocycles. The molecule has 0 unspecified atom stereocenters. The van der Waals surface area contributed by atoms with Crippen molar-refractivity contribution >= 4 is 29.4 Å². The van der Waals surface area contributed by atoms with Crippen LogP contribution in [0.3, 0.4) is 0 Å². The van der Waals surface area contributed by atoms with Gasteiger partial charge in [0.2, 0.25) is 0 Å². The number of hydrogen-bond donors (Lipinski definition) is 1. The summed E-state index contributed by atoms with van der Waals surface area (Å²) in [6.07, 6.45) is 0.505. The normalized spacial score (nSPS) is 16.9. The van der Waals surface area contributed by atoms with Gasteiger partial charge in [-0.3, -0.25) is 4.79 Å². The van der Waals surface area contributed by atoms with E-state index in [0.29, 0.717) is 17.1 Å². The van der Waals surface area contributed by atoms with Crippen LogP contribution in [0.4, 0.5) is 18.9 Å². The van der Waals surface area contributed by atoms with Crippen LogP contribution in [-0.2, 0) is 4.79 Å². The van der Waals surface area contributed by atoms with Crippen molar-refractivity contribution in [3.05, 3.63) is 48.2 Å². The number of fused-ring (bicyclic) bond motifs is 1. The smallest absolute Gasteiger partial charge is 0.406 e. The van der Waals surface area contributed by atoms with Crippen LogP contribution in [0.25, 0.3) is 0 Å². The number of carbonyl (C=O) groups excluding carboxylic acids is 1. The average molecular weight is 355 g/mol. The molecule has 0 fully saturated rings. The van der Waals surface area contributed by atoms with Crippen molar-refractivity contribution in [1.82, 2.24) is 4.90 Å². The van der Waals surface area contributed by atoms with Gasteiger partial charge in [-0.2, -0.15) is 4.40 Å². The lowest BCUT2D eigenvalue weighted by Crippen LogP contribution is -2.37. The zero-order valence-corrected chi connectivity index (χ0v) is 13.0. The topological polar surface area (TPSA) is 53.9 Å². The first kappa shape index (κ1) is 16.4. The minimum atomic E-state index is -4.75. The van der Waals surface area contributed by atoms with E-state index in [1.807, 2.05) is 11.1 Å². The number of anilines is 1. The molecule has 2 aliphatic heterocycles. The summed E-state index contributed by atoms with van der Waals surface area (Å²) in [6.45, 7) is 0.758. The Morgan fingerprint density at radius 3 is 2.75 bits per heavy atom. The number of hydrogen-bond acceptors (Lipinski definition) is 5. The zero-order valence-electron chi connectivity index (χ0n) is 12.2. The van der Waals surface area contributed by atoms with Gasteiger partial charge in [0.25, 0.3) is 5.91 Å². The molecule has 126 valence electrons. The number of alkyl halides is 3. The molecule has 5 nitrogen and oxygen atoms in total. The minimum absolute atomic E-state index is 0.348. The molecule has 24 heavy (non-hydrogen) atoms. The van der Waals surface area contributed by atoms with E-state index < -0.39 is 6.36 Å². The summed E-state index contributed by atoms with van der Waals surface area (Å²) in [5, 5.41) is 2.64. The summed E-state index contributed by atoms with van der Waals surface area (Å²) in [5.74, 6) is 0.682. The zero-order chi connectivity index (χ0) is 17.2. The lowest BCUT2D eigenvalue weighted by Gasteiger charge is -2.28. The molecule has 0 radical (unpaired) electrons. The Morgan fingerprint density at radius 1 is 1.29 bits per heavy atom. The molecule has 0 aromatic heterocycles. The van der Waals surface area contributed by atoms with E-state index in [2.05, 4.69) is 14.5 Å². The molecule has 0 spiro atoms. The van der Waals surface area contributed by atoms with Gasteiger partial charge >= 0.3 is 6.36 Å². The summed E-state index contributed by atoms with van der Waals surface area (Å²) in [6, 6.07) is 4.96. The van der Waals surface area contributed by atoms with Gasteiger partial charge in [-0.25, -0.2) is 0 Å². The second-order valence-corrected chi connectivity index (χ2v) is 5.74. The quantitative estimate of drug-likeness (QED) is 0.845. The van der Waals surface area contributed by atoms with Gasteiger partial charge in [0.1, 0.15) is 5.75 Å². The van der Waals surface area contributed by atoms with Crippen LogP contribution in [0.1, 0.15) is 0 Å². The van der Waals surface area contributed by atoms with Crippen LogP contribution in [0.15, 0.2) is 52.6 Å². The van der Waals surface area contributed by atoms with Crippen molar-refractivity contribution in [2.24, 2.45) is 4.40 Å². The Balaban J connectivity index is 1.70. The van der Waals surface area contributed by atoms with Crippen LogP contribution in [0.2, 0.25) is 0 Å². The molecule has 0 saturated carbocycles. The summed E-state index contributed by atoms with van der Waals surface area (Å²) < 4.78 is 44.5. The molecule has 0 bridgehead atoms. The van der Waals surface area contributed by atoms with Crippen LogP contribution in [-0.4, -0.2) is 35.3 Å². The molecular formula is C15H12F3N3O2S. The lowest BCUT2D eigenvalue weighted by molar-refractivity contribution is -0.274. The van der Waals surface area contributed by atoms with Gasteiger partial charge in [-0.1, -0.05) is 0 Å². The minimum Gasteiger partial charge on any atom is -0.406 e. The number of amidine groups is 1. The fraction of sp³-hybridized carbons (Fsp3) is 0.200. The number of ether oxygens (including phenoxy) is 1. The number of nitrogens with zero attached hydrogens (tertiary/aromatic N) is 2. The Kier molecular flexibility index (Phi) is 4.52. The van der Waals surface area contributed by atoms with Gasteiger partial charge in [0.15, 0.2) is 5.84 Å². The Bertz CT molecular complexity index is 726. The number of halogens is 3. The predicted octanol–water partition coefficient (Wildman–Crippen LogP) is 3.34. The van der Waals surface area contributed by atoms with Crippen molar-refractivity contribution in [2.45, 2.75) is 6.36 Å². The van der Waals surface area contributed by atoms with Crippen LogP contribution in [0, 0.1) is 0 Å². The van der Waals surface area contributed by atoms with Crippen molar-refractivity contribution in [1.29, 1.82) is 0 Å². The Morgan fingerprint density at radius 2 is 2.04 bits per heavy atom. The summed E-state index contributed by atoms with van der Waals surface area (Å²) in [5.41, 5.74) is 0.765. The molecule has 0 atom stereocenters. The molecule has 0 aliphatic carbocycles. The highest BCUT2D eigenvalue weighted by molar-refractivity contribution is 7.98. The van der Waals surface area contributed by atoms with E-state index in [4.69, 9.17) is 0 Å². The van der Waals surface area contributed by atoms with Crippen LogP contribution in [0.5, 0.6) is 5.75 Å². The molecule has 1 aromatic rings. The molecule has 2 heterocycles. The molecule has 1 N–H and O–H groups in total. The monoisotopic (exact) mass is 355 g/mol. The maximum Gasteiger partial charge on any atom is 0.573 e. The number of nitrogens with one attached hydrogen (secondary N) is 1. The van der Waals surface area contributed by atoms with E-state index in [9.17, 15) is 18.0 Å². The maximum atomic E-state index is 12.4. The van der Waals surface area contributed by atoms with Gasteiger partial charge in [-0.05, 0) is 48.4 Å². The number of amides is 1. The average Bonchev–Trinajstić information content (AvgIpc) is 2.55. The first-order valence-corrected chi connectivity index (χ1v) is 7.89. The second-order valence-electron chi connectivity index (χ2n) is 4.89. The van der Waals surface area contributed by atoms with Crippen molar-refractivity contribution in [3.63, 3.8) is 0 Å². The lowest BCUT2D eigenvalue weighted by atomic mass is 10.1. The largest absolute Gasteiger partial charge is 0.573 e. The first-order valence-electron chi connectivity index (χ1n) is 6.95. The van der Waals surface area contributed by atoms with Gasteiger partial charge in [0.05, 0.1) is 5.57 Å². The highest BCUT2D eigenvalue weighted by atomic mass is 32.2. The standard InChI is InChI=1S/C15H12F3N3O2S/c16-15(17,18)23-11-5-3-10(4-6-11)19-14(22)12-2-1-7-21-8-9-24-20-13(12)21/h1-7H,8-9H2,(H,19,22). The third-order valence-electron chi connectivity index (χ3n) is 3.21. The van der Waals surface area contributed by atoms with E-state index in [1.54, 1.807) is 12.2 Å². The summed E-state index contributed by atoms with van der Waals surface area (Å²) in [4.78, 5) is 14.3. The van der Waals surface area contributed by atoms with Gasteiger partial charge in [0, 0.05) is 24.2 Å². The third kappa shape index (κ3) is 3.91. The van der Waals surface area contributed by atoms with E-state index in [-0.39, 0.29) is 11.7 Å². The predicted molar refractivity (Wildman–Crippen MR) is 85.6 cm³/mol. The Labute approximate surface area is 140 Å². The van der Waals surface area contributed by atoms with E-state index in [1.165, 1.54) is 24.1 Å². The molecular weight excluding hydrogens is 343 g/mol. The van der Waals surface area contributed by atoms with Crippen LogP contribution < -0.4 is 10.1 Å². The Hall–Kier alpha value is -2.42. The highest BCUT2D eigenvalue weighted by Crippen LogP contribution is 2.25. The highest BCUT2D eigenvalue weighted by Gasteiger charge is 2.31. The number of rotatable bonds is 3. The summed E-state index contributed by atoms with van der Waals surface area (Å²) in [7, 11) is 0. The summed E-state index contributed by atoms with van der Waals surface area (Å²) >= 11 is 1.38. The van der Waals surface area contributed by atoms with E-state index in [0.717, 1.165) is 24.4 Å².